The number of hydrogen-bond donors (Lipinski definition) is 1. The summed E-state index contributed by atoms with van der Waals surface area (Å²) in [5, 5.41) is 6.89. The number of halogens is 2. The van der Waals surface area contributed by atoms with Crippen LogP contribution in [0.1, 0.15) is 13.3 Å². The molecule has 1 N–H and O–H groups in total. The number of rotatable bonds is 7. The fraction of sp³-hybridized carbons (Fsp3) is 0.143. The van der Waals surface area contributed by atoms with E-state index in [4.69, 9.17) is 4.74 Å². The quantitative estimate of drug-likeness (QED) is 0.236. The number of esters is 1. The van der Waals surface area contributed by atoms with Crippen LogP contribution in [0.15, 0.2) is 73.3 Å². The second-order valence-electron chi connectivity index (χ2n) is 8.64. The molecule has 5 rings (SSSR count). The molecule has 0 aliphatic carbocycles. The Kier molecular flexibility index (Phi) is 6.69. The summed E-state index contributed by atoms with van der Waals surface area (Å²) >= 11 is 0. The number of hydrogen-bond acceptors (Lipinski definition) is 5. The molecule has 0 aliphatic rings. The van der Waals surface area contributed by atoms with Crippen LogP contribution < -0.4 is 5.32 Å². The largest absolute Gasteiger partial charge is 0.466 e. The average Bonchev–Trinajstić information content (AvgIpc) is 3.49. The SMILES string of the molecule is CCOC(=O)CC(=O)Nc1cc(-c2ccc(F)cc2F)cc(-n2cnc3cc(-c4cnn(C)c4)ccc32)c1. The highest BCUT2D eigenvalue weighted by Gasteiger charge is 2.15. The molecule has 38 heavy (non-hydrogen) atoms. The number of nitrogens with one attached hydrogen (secondary N) is 1. The molecular weight excluding hydrogens is 492 g/mol. The Bertz CT molecular complexity index is 1670. The lowest BCUT2D eigenvalue weighted by Gasteiger charge is -2.13. The minimum absolute atomic E-state index is 0.150. The molecule has 0 unspecified atom stereocenters. The molecule has 0 spiro atoms. The summed E-state index contributed by atoms with van der Waals surface area (Å²) in [4.78, 5) is 28.8. The van der Waals surface area contributed by atoms with Crippen molar-refractivity contribution in [1.82, 2.24) is 19.3 Å². The zero-order chi connectivity index (χ0) is 26.8. The van der Waals surface area contributed by atoms with Gasteiger partial charge in [0.2, 0.25) is 5.91 Å². The highest BCUT2D eigenvalue weighted by atomic mass is 19.1. The van der Waals surface area contributed by atoms with Gasteiger partial charge in [-0.15, -0.1) is 0 Å². The second-order valence-corrected chi connectivity index (χ2v) is 8.64. The first-order chi connectivity index (χ1) is 18.3. The third kappa shape index (κ3) is 5.15. The molecule has 10 heteroatoms. The van der Waals surface area contributed by atoms with E-state index in [1.165, 1.54) is 6.07 Å². The van der Waals surface area contributed by atoms with Crippen molar-refractivity contribution in [3.63, 3.8) is 0 Å². The number of nitrogens with zero attached hydrogens (tertiary/aromatic N) is 4. The molecule has 0 saturated carbocycles. The standard InChI is InChI=1S/C28H23F2N5O3/c1-3-38-28(37)13-27(36)33-21-8-18(23-6-5-20(29)11-24(23)30)9-22(12-21)35-16-31-25-10-17(4-7-26(25)35)19-14-32-34(2)15-19/h4-12,14-16H,3,13H2,1-2H3,(H,33,36). The van der Waals surface area contributed by atoms with Gasteiger partial charge in [-0.2, -0.15) is 5.10 Å². The lowest BCUT2D eigenvalue weighted by Crippen LogP contribution is -2.18. The van der Waals surface area contributed by atoms with Crippen molar-refractivity contribution in [2.24, 2.45) is 7.05 Å². The Labute approximate surface area is 216 Å². The minimum atomic E-state index is -0.748. The summed E-state index contributed by atoms with van der Waals surface area (Å²) in [5.41, 5.74) is 4.85. The lowest BCUT2D eigenvalue weighted by molar-refractivity contribution is -0.145. The van der Waals surface area contributed by atoms with Crippen LogP contribution in [0, 0.1) is 11.6 Å². The highest BCUT2D eigenvalue weighted by Crippen LogP contribution is 2.31. The number of amides is 1. The Balaban J connectivity index is 1.57. The molecule has 8 nitrogen and oxygen atoms in total. The van der Waals surface area contributed by atoms with Crippen molar-refractivity contribution >= 4 is 28.6 Å². The second kappa shape index (κ2) is 10.3. The zero-order valence-electron chi connectivity index (χ0n) is 20.6. The van der Waals surface area contributed by atoms with Crippen LogP contribution in [0.25, 0.3) is 39.0 Å². The monoisotopic (exact) mass is 515 g/mol. The first-order valence-corrected chi connectivity index (χ1v) is 11.8. The van der Waals surface area contributed by atoms with E-state index in [2.05, 4.69) is 15.4 Å². The maximum atomic E-state index is 14.7. The summed E-state index contributed by atoms with van der Waals surface area (Å²) < 4.78 is 36.6. The number of carbonyl (C=O) groups is 2. The average molecular weight is 516 g/mol. The predicted octanol–water partition coefficient (Wildman–Crippen LogP) is 5.26. The first-order valence-electron chi connectivity index (χ1n) is 11.8. The number of ether oxygens (including phenoxy) is 1. The summed E-state index contributed by atoms with van der Waals surface area (Å²) in [6, 6.07) is 14.1. The molecule has 192 valence electrons. The lowest BCUT2D eigenvalue weighted by atomic mass is 10.0. The van der Waals surface area contributed by atoms with E-state index in [-0.39, 0.29) is 12.2 Å². The van der Waals surface area contributed by atoms with Gasteiger partial charge in [-0.25, -0.2) is 13.8 Å². The van der Waals surface area contributed by atoms with Crippen LogP contribution in [0.3, 0.4) is 0 Å². The molecular formula is C28H23F2N5O3. The van der Waals surface area contributed by atoms with Crippen molar-refractivity contribution in [1.29, 1.82) is 0 Å². The summed E-state index contributed by atoms with van der Waals surface area (Å²) in [7, 11) is 1.84. The minimum Gasteiger partial charge on any atom is -0.466 e. The zero-order valence-corrected chi connectivity index (χ0v) is 20.6. The van der Waals surface area contributed by atoms with Gasteiger partial charge >= 0.3 is 5.97 Å². The van der Waals surface area contributed by atoms with Crippen LogP contribution in [-0.4, -0.2) is 37.8 Å². The van der Waals surface area contributed by atoms with Gasteiger partial charge < -0.3 is 10.1 Å². The first kappa shape index (κ1) is 24.8. The van der Waals surface area contributed by atoms with E-state index < -0.39 is 29.9 Å². The van der Waals surface area contributed by atoms with E-state index in [0.717, 1.165) is 34.3 Å². The van der Waals surface area contributed by atoms with Crippen LogP contribution in [0.2, 0.25) is 0 Å². The van der Waals surface area contributed by atoms with Gasteiger partial charge in [-0.05, 0) is 60.5 Å². The third-order valence-corrected chi connectivity index (χ3v) is 5.92. The maximum absolute atomic E-state index is 14.7. The molecule has 0 radical (unpaired) electrons. The number of imidazole rings is 1. The summed E-state index contributed by atoms with van der Waals surface area (Å²) in [6.07, 6.45) is 4.83. The van der Waals surface area contributed by atoms with Crippen molar-refractivity contribution in [3.8, 4) is 27.9 Å². The Morgan fingerprint density at radius 3 is 2.58 bits per heavy atom. The smallest absolute Gasteiger partial charge is 0.315 e. The molecule has 2 heterocycles. The third-order valence-electron chi connectivity index (χ3n) is 5.92. The molecule has 2 aromatic heterocycles. The van der Waals surface area contributed by atoms with Crippen LogP contribution in [-0.2, 0) is 21.4 Å². The number of aryl methyl sites for hydroxylation is 1. The van der Waals surface area contributed by atoms with Gasteiger partial charge in [0.1, 0.15) is 24.4 Å². The molecule has 5 aromatic rings. The maximum Gasteiger partial charge on any atom is 0.315 e. The van der Waals surface area contributed by atoms with Gasteiger partial charge in [-0.1, -0.05) is 6.07 Å². The fourth-order valence-corrected chi connectivity index (χ4v) is 4.22. The normalized spacial score (nSPS) is 11.1. The van der Waals surface area contributed by atoms with Gasteiger partial charge in [0.05, 0.1) is 23.8 Å². The number of benzene rings is 3. The molecule has 0 bridgehead atoms. The number of aromatic nitrogens is 4. The van der Waals surface area contributed by atoms with E-state index >= 15 is 0 Å². The van der Waals surface area contributed by atoms with Crippen molar-refractivity contribution in [2.75, 3.05) is 11.9 Å². The van der Waals surface area contributed by atoms with Gasteiger partial charge in [-0.3, -0.25) is 18.8 Å². The van der Waals surface area contributed by atoms with E-state index in [1.807, 2.05) is 31.4 Å². The van der Waals surface area contributed by atoms with Crippen molar-refractivity contribution in [3.05, 3.63) is 85.0 Å². The summed E-state index contributed by atoms with van der Waals surface area (Å²) in [6.45, 7) is 1.81. The number of fused-ring (bicyclic) bond motifs is 1. The van der Waals surface area contributed by atoms with Crippen LogP contribution in [0.5, 0.6) is 0 Å². The van der Waals surface area contributed by atoms with Gasteiger partial charge in [0.15, 0.2) is 0 Å². The van der Waals surface area contributed by atoms with Gasteiger partial charge in [0, 0.05) is 41.8 Å². The predicted molar refractivity (Wildman–Crippen MR) is 139 cm³/mol. The Hall–Kier alpha value is -4.86. The molecule has 0 fully saturated rings. The Morgan fingerprint density at radius 1 is 1.00 bits per heavy atom. The molecule has 0 saturated heterocycles. The van der Waals surface area contributed by atoms with Gasteiger partial charge in [0.25, 0.3) is 0 Å². The fourth-order valence-electron chi connectivity index (χ4n) is 4.22. The summed E-state index contributed by atoms with van der Waals surface area (Å²) in [5.74, 6) is -2.68. The molecule has 0 atom stereocenters. The number of anilines is 1. The molecule has 0 aliphatic heterocycles. The van der Waals surface area contributed by atoms with Crippen LogP contribution >= 0.6 is 0 Å². The van der Waals surface area contributed by atoms with Crippen molar-refractivity contribution in [2.45, 2.75) is 13.3 Å². The highest BCUT2D eigenvalue weighted by molar-refractivity contribution is 6.02. The van der Waals surface area contributed by atoms with Crippen molar-refractivity contribution < 1.29 is 23.1 Å². The van der Waals surface area contributed by atoms with E-state index in [9.17, 15) is 18.4 Å². The topological polar surface area (TPSA) is 91.0 Å². The van der Waals surface area contributed by atoms with E-state index in [0.29, 0.717) is 16.9 Å². The number of carbonyl (C=O) groups excluding carboxylic acids is 2. The Morgan fingerprint density at radius 2 is 1.84 bits per heavy atom. The molecule has 1 amide bonds. The van der Waals surface area contributed by atoms with Crippen LogP contribution in [0.4, 0.5) is 14.5 Å². The van der Waals surface area contributed by atoms with E-state index in [1.54, 1.807) is 46.9 Å². The molecule has 3 aromatic carbocycles.